The third-order valence-corrected chi connectivity index (χ3v) is 3.60. The van der Waals surface area contributed by atoms with Crippen LogP contribution in [0.1, 0.15) is 32.1 Å². The number of hydrogen-bond donors (Lipinski definition) is 2. The van der Waals surface area contributed by atoms with E-state index in [1.54, 1.807) is 4.90 Å². The maximum Gasteiger partial charge on any atom is 0.237 e. The van der Waals surface area contributed by atoms with E-state index in [9.17, 15) is 9.59 Å². The lowest BCUT2D eigenvalue weighted by Gasteiger charge is -2.32. The Labute approximate surface area is 102 Å². The molecular formula is C12H21N3O2. The van der Waals surface area contributed by atoms with Crippen molar-refractivity contribution >= 4 is 11.8 Å². The first kappa shape index (κ1) is 12.4. The molecule has 2 atom stereocenters. The summed E-state index contributed by atoms with van der Waals surface area (Å²) in [4.78, 5) is 24.9. The highest BCUT2D eigenvalue weighted by Gasteiger charge is 2.28. The van der Waals surface area contributed by atoms with E-state index < -0.39 is 0 Å². The van der Waals surface area contributed by atoms with Gasteiger partial charge in [0.15, 0.2) is 0 Å². The fourth-order valence-corrected chi connectivity index (χ4v) is 2.53. The van der Waals surface area contributed by atoms with Crippen molar-refractivity contribution in [1.82, 2.24) is 15.5 Å². The van der Waals surface area contributed by atoms with E-state index in [1.165, 1.54) is 0 Å². The van der Waals surface area contributed by atoms with Crippen molar-refractivity contribution in [1.29, 1.82) is 0 Å². The molecule has 0 aliphatic carbocycles. The predicted octanol–water partition coefficient (Wildman–Crippen LogP) is -0.135. The van der Waals surface area contributed by atoms with Crippen molar-refractivity contribution in [3.63, 3.8) is 0 Å². The number of amides is 2. The summed E-state index contributed by atoms with van der Waals surface area (Å²) in [6, 6.07) is 0.177. The zero-order chi connectivity index (χ0) is 12.3. The molecule has 0 aromatic carbocycles. The molecule has 5 heteroatoms. The SMILES string of the molecule is CN1CC(NC2CCCCNC2=O)CCC1=O. The van der Waals surface area contributed by atoms with Crippen LogP contribution >= 0.6 is 0 Å². The number of rotatable bonds is 2. The lowest BCUT2D eigenvalue weighted by Crippen LogP contribution is -2.53. The maximum absolute atomic E-state index is 11.8. The van der Waals surface area contributed by atoms with Gasteiger partial charge in [-0.1, -0.05) is 0 Å². The number of hydrogen-bond acceptors (Lipinski definition) is 3. The molecular weight excluding hydrogens is 218 g/mol. The van der Waals surface area contributed by atoms with Crippen molar-refractivity contribution in [2.24, 2.45) is 0 Å². The Bertz CT molecular complexity index is 306. The zero-order valence-electron chi connectivity index (χ0n) is 10.4. The van der Waals surface area contributed by atoms with Crippen LogP contribution in [0.2, 0.25) is 0 Å². The van der Waals surface area contributed by atoms with Crippen LogP contribution in [0.3, 0.4) is 0 Å². The minimum Gasteiger partial charge on any atom is -0.355 e. The number of likely N-dealkylation sites (N-methyl/N-ethyl adjacent to an activating group) is 1. The van der Waals surface area contributed by atoms with Gasteiger partial charge in [0, 0.05) is 32.6 Å². The number of nitrogens with one attached hydrogen (secondary N) is 2. The van der Waals surface area contributed by atoms with Crippen LogP contribution in [0.4, 0.5) is 0 Å². The van der Waals surface area contributed by atoms with E-state index in [-0.39, 0.29) is 23.9 Å². The van der Waals surface area contributed by atoms with Crippen LogP contribution in [-0.2, 0) is 9.59 Å². The van der Waals surface area contributed by atoms with E-state index in [0.29, 0.717) is 13.0 Å². The molecule has 0 aromatic heterocycles. The van der Waals surface area contributed by atoms with Gasteiger partial charge in [0.05, 0.1) is 6.04 Å². The molecule has 2 unspecified atom stereocenters. The molecule has 2 saturated heterocycles. The molecule has 5 nitrogen and oxygen atoms in total. The Hall–Kier alpha value is -1.10. The average molecular weight is 239 g/mol. The Morgan fingerprint density at radius 2 is 2.12 bits per heavy atom. The molecule has 0 spiro atoms. The highest BCUT2D eigenvalue weighted by atomic mass is 16.2. The molecule has 17 heavy (non-hydrogen) atoms. The summed E-state index contributed by atoms with van der Waals surface area (Å²) in [6.45, 7) is 1.50. The van der Waals surface area contributed by atoms with Gasteiger partial charge in [-0.2, -0.15) is 0 Å². The largest absolute Gasteiger partial charge is 0.355 e. The van der Waals surface area contributed by atoms with Gasteiger partial charge >= 0.3 is 0 Å². The van der Waals surface area contributed by atoms with Gasteiger partial charge in [-0.3, -0.25) is 9.59 Å². The lowest BCUT2D eigenvalue weighted by molar-refractivity contribution is -0.132. The number of piperidine rings is 1. The summed E-state index contributed by atoms with van der Waals surface area (Å²) >= 11 is 0. The third-order valence-electron chi connectivity index (χ3n) is 3.60. The van der Waals surface area contributed by atoms with E-state index in [1.807, 2.05) is 7.05 Å². The first-order valence-electron chi connectivity index (χ1n) is 6.44. The summed E-state index contributed by atoms with van der Waals surface area (Å²) in [7, 11) is 1.82. The van der Waals surface area contributed by atoms with Crippen LogP contribution in [0.15, 0.2) is 0 Å². The topological polar surface area (TPSA) is 61.4 Å². The van der Waals surface area contributed by atoms with E-state index in [4.69, 9.17) is 0 Å². The van der Waals surface area contributed by atoms with Crippen molar-refractivity contribution < 1.29 is 9.59 Å². The first-order valence-corrected chi connectivity index (χ1v) is 6.44. The van der Waals surface area contributed by atoms with Gasteiger partial charge in [-0.15, -0.1) is 0 Å². The standard InChI is InChI=1S/C12H21N3O2/c1-15-8-9(5-6-11(15)16)14-10-4-2-3-7-13-12(10)17/h9-10,14H,2-8H2,1H3,(H,13,17). The fourth-order valence-electron chi connectivity index (χ4n) is 2.53. The Kier molecular flexibility index (Phi) is 3.99. The molecule has 2 aliphatic heterocycles. The van der Waals surface area contributed by atoms with Gasteiger partial charge in [0.25, 0.3) is 0 Å². The van der Waals surface area contributed by atoms with Gasteiger partial charge in [0.2, 0.25) is 11.8 Å². The van der Waals surface area contributed by atoms with Crippen LogP contribution in [0.25, 0.3) is 0 Å². The van der Waals surface area contributed by atoms with Crippen molar-refractivity contribution in [3.05, 3.63) is 0 Å². The minimum absolute atomic E-state index is 0.0795. The molecule has 0 radical (unpaired) electrons. The summed E-state index contributed by atoms with van der Waals surface area (Å²) < 4.78 is 0. The van der Waals surface area contributed by atoms with E-state index >= 15 is 0 Å². The molecule has 0 saturated carbocycles. The van der Waals surface area contributed by atoms with Gasteiger partial charge in [-0.05, 0) is 25.7 Å². The van der Waals surface area contributed by atoms with Gasteiger partial charge < -0.3 is 15.5 Å². The van der Waals surface area contributed by atoms with Crippen LogP contribution < -0.4 is 10.6 Å². The van der Waals surface area contributed by atoms with E-state index in [2.05, 4.69) is 10.6 Å². The van der Waals surface area contributed by atoms with E-state index in [0.717, 1.165) is 32.2 Å². The van der Waals surface area contributed by atoms with Crippen molar-refractivity contribution in [3.8, 4) is 0 Å². The van der Waals surface area contributed by atoms with Crippen molar-refractivity contribution in [2.45, 2.75) is 44.2 Å². The molecule has 96 valence electrons. The monoisotopic (exact) mass is 239 g/mol. The normalized spacial score (nSPS) is 31.0. The summed E-state index contributed by atoms with van der Waals surface area (Å²) in [6.07, 6.45) is 4.47. The first-order chi connectivity index (χ1) is 8.16. The molecule has 2 heterocycles. The predicted molar refractivity (Wildman–Crippen MR) is 64.4 cm³/mol. The molecule has 2 rings (SSSR count). The molecule has 2 aliphatic rings. The number of likely N-dealkylation sites (tertiary alicyclic amines) is 1. The highest BCUT2D eigenvalue weighted by Crippen LogP contribution is 2.13. The molecule has 2 amide bonds. The molecule has 2 N–H and O–H groups in total. The molecule has 0 aromatic rings. The van der Waals surface area contributed by atoms with Gasteiger partial charge in [-0.25, -0.2) is 0 Å². The number of nitrogens with zero attached hydrogens (tertiary/aromatic N) is 1. The minimum atomic E-state index is -0.0795. The Morgan fingerprint density at radius 3 is 2.88 bits per heavy atom. The zero-order valence-corrected chi connectivity index (χ0v) is 10.4. The number of carbonyl (C=O) groups excluding carboxylic acids is 2. The van der Waals surface area contributed by atoms with Crippen LogP contribution in [0, 0.1) is 0 Å². The molecule has 0 bridgehead atoms. The smallest absolute Gasteiger partial charge is 0.237 e. The summed E-state index contributed by atoms with van der Waals surface area (Å²) in [5.74, 6) is 0.315. The number of carbonyl (C=O) groups is 2. The van der Waals surface area contributed by atoms with Crippen LogP contribution in [-0.4, -0.2) is 48.9 Å². The average Bonchev–Trinajstić information content (AvgIpc) is 2.50. The Morgan fingerprint density at radius 1 is 1.29 bits per heavy atom. The quantitative estimate of drug-likeness (QED) is 0.705. The summed E-state index contributed by atoms with van der Waals surface area (Å²) in [5, 5.41) is 6.31. The van der Waals surface area contributed by atoms with Crippen molar-refractivity contribution in [2.75, 3.05) is 20.1 Å². The second-order valence-electron chi connectivity index (χ2n) is 5.02. The fraction of sp³-hybridized carbons (Fsp3) is 0.833. The Balaban J connectivity index is 1.87. The second-order valence-corrected chi connectivity index (χ2v) is 5.02. The third kappa shape index (κ3) is 3.19. The highest BCUT2D eigenvalue weighted by molar-refractivity contribution is 5.82. The maximum atomic E-state index is 11.8. The summed E-state index contributed by atoms with van der Waals surface area (Å²) in [5.41, 5.74) is 0. The molecule has 2 fully saturated rings. The lowest BCUT2D eigenvalue weighted by atomic mass is 10.0. The van der Waals surface area contributed by atoms with Crippen LogP contribution in [0.5, 0.6) is 0 Å². The second kappa shape index (κ2) is 5.49. The van der Waals surface area contributed by atoms with Gasteiger partial charge in [0.1, 0.15) is 0 Å².